The second kappa shape index (κ2) is 4.64. The Morgan fingerprint density at radius 3 is 2.28 bits per heavy atom. The van der Waals surface area contributed by atoms with Gasteiger partial charge in [-0.15, -0.1) is 0 Å². The lowest BCUT2D eigenvalue weighted by Crippen LogP contribution is -2.27. The van der Waals surface area contributed by atoms with Crippen LogP contribution in [0, 0.1) is 10.8 Å². The van der Waals surface area contributed by atoms with E-state index in [0.717, 1.165) is 10.9 Å². The third-order valence-corrected chi connectivity index (χ3v) is 5.54. The SMILES string of the molecule is CCC(NC1C(C)(C)C1(C)C)c1cccc(Br)c1. The van der Waals surface area contributed by atoms with Crippen molar-refractivity contribution in [3.8, 4) is 0 Å². The zero-order valence-electron chi connectivity index (χ0n) is 12.0. The zero-order chi connectivity index (χ0) is 13.6. The van der Waals surface area contributed by atoms with Crippen molar-refractivity contribution in [3.63, 3.8) is 0 Å². The molecule has 2 heteroatoms. The summed E-state index contributed by atoms with van der Waals surface area (Å²) in [7, 11) is 0. The van der Waals surface area contributed by atoms with Crippen LogP contribution in [0.25, 0.3) is 0 Å². The van der Waals surface area contributed by atoms with Crippen LogP contribution in [0.15, 0.2) is 28.7 Å². The smallest absolute Gasteiger partial charge is 0.0320 e. The topological polar surface area (TPSA) is 12.0 Å². The molecule has 1 saturated carbocycles. The van der Waals surface area contributed by atoms with Crippen LogP contribution in [-0.4, -0.2) is 6.04 Å². The summed E-state index contributed by atoms with van der Waals surface area (Å²) >= 11 is 3.56. The molecule has 1 aliphatic carbocycles. The molecule has 0 heterocycles. The highest BCUT2D eigenvalue weighted by Gasteiger charge is 2.64. The van der Waals surface area contributed by atoms with E-state index in [1.54, 1.807) is 0 Å². The number of hydrogen-bond donors (Lipinski definition) is 1. The normalized spacial score (nSPS) is 22.8. The molecule has 0 bridgehead atoms. The third-order valence-electron chi connectivity index (χ3n) is 5.05. The Balaban J connectivity index is 2.13. The molecule has 1 unspecified atom stereocenters. The molecule has 0 spiro atoms. The van der Waals surface area contributed by atoms with E-state index >= 15 is 0 Å². The van der Waals surface area contributed by atoms with Gasteiger partial charge in [-0.2, -0.15) is 0 Å². The largest absolute Gasteiger partial charge is 0.306 e. The molecule has 100 valence electrons. The van der Waals surface area contributed by atoms with Gasteiger partial charge in [-0.05, 0) is 34.9 Å². The second-order valence-electron chi connectivity index (χ2n) is 6.56. The van der Waals surface area contributed by atoms with Gasteiger partial charge in [0.05, 0.1) is 0 Å². The lowest BCUT2D eigenvalue weighted by atomic mass is 10.0. The van der Waals surface area contributed by atoms with Crippen LogP contribution in [-0.2, 0) is 0 Å². The van der Waals surface area contributed by atoms with Gasteiger partial charge in [-0.25, -0.2) is 0 Å². The van der Waals surface area contributed by atoms with E-state index in [1.807, 2.05) is 0 Å². The van der Waals surface area contributed by atoms with E-state index in [2.05, 4.69) is 80.1 Å². The molecule has 1 nitrogen and oxygen atoms in total. The fraction of sp³-hybridized carbons (Fsp3) is 0.625. The molecule has 0 radical (unpaired) electrons. The monoisotopic (exact) mass is 309 g/mol. The van der Waals surface area contributed by atoms with E-state index < -0.39 is 0 Å². The lowest BCUT2D eigenvalue weighted by molar-refractivity contribution is 0.457. The van der Waals surface area contributed by atoms with Crippen LogP contribution in [0.1, 0.15) is 52.6 Å². The Bertz CT molecular complexity index is 422. The zero-order valence-corrected chi connectivity index (χ0v) is 13.6. The summed E-state index contributed by atoms with van der Waals surface area (Å²) < 4.78 is 1.16. The highest BCUT2D eigenvalue weighted by molar-refractivity contribution is 9.10. The molecule has 18 heavy (non-hydrogen) atoms. The highest BCUT2D eigenvalue weighted by atomic mass is 79.9. The molecule has 0 aromatic heterocycles. The van der Waals surface area contributed by atoms with E-state index in [-0.39, 0.29) is 0 Å². The van der Waals surface area contributed by atoms with Crippen molar-refractivity contribution in [1.29, 1.82) is 0 Å². The van der Waals surface area contributed by atoms with Crippen molar-refractivity contribution in [1.82, 2.24) is 5.32 Å². The van der Waals surface area contributed by atoms with Crippen LogP contribution in [0.5, 0.6) is 0 Å². The van der Waals surface area contributed by atoms with Crippen molar-refractivity contribution in [3.05, 3.63) is 34.3 Å². The van der Waals surface area contributed by atoms with Gasteiger partial charge in [0, 0.05) is 16.6 Å². The second-order valence-corrected chi connectivity index (χ2v) is 7.47. The molecule has 0 aliphatic heterocycles. The maximum Gasteiger partial charge on any atom is 0.0320 e. The summed E-state index contributed by atoms with van der Waals surface area (Å²) in [5, 5.41) is 3.84. The number of halogens is 1. The van der Waals surface area contributed by atoms with Crippen LogP contribution in [0.4, 0.5) is 0 Å². The van der Waals surface area contributed by atoms with Gasteiger partial charge in [0.15, 0.2) is 0 Å². The predicted molar refractivity (Wildman–Crippen MR) is 81.7 cm³/mol. The van der Waals surface area contributed by atoms with Crippen LogP contribution < -0.4 is 5.32 Å². The van der Waals surface area contributed by atoms with Crippen molar-refractivity contribution >= 4 is 15.9 Å². The number of nitrogens with one attached hydrogen (secondary N) is 1. The molecular formula is C16H24BrN. The van der Waals surface area contributed by atoms with E-state index in [9.17, 15) is 0 Å². The van der Waals surface area contributed by atoms with Gasteiger partial charge < -0.3 is 5.32 Å². The van der Waals surface area contributed by atoms with Crippen molar-refractivity contribution in [2.45, 2.75) is 53.1 Å². The first-order chi connectivity index (χ1) is 8.30. The Labute approximate surface area is 119 Å². The van der Waals surface area contributed by atoms with Gasteiger partial charge in [-0.3, -0.25) is 0 Å². The summed E-state index contributed by atoms with van der Waals surface area (Å²) in [6.07, 6.45) is 1.12. The number of hydrogen-bond acceptors (Lipinski definition) is 1. The summed E-state index contributed by atoms with van der Waals surface area (Å²) in [4.78, 5) is 0. The molecule has 1 N–H and O–H groups in total. The quantitative estimate of drug-likeness (QED) is 0.832. The molecule has 0 amide bonds. The minimum Gasteiger partial charge on any atom is -0.306 e. The highest BCUT2D eigenvalue weighted by Crippen LogP contribution is 2.63. The molecule has 1 aliphatic rings. The van der Waals surface area contributed by atoms with Gasteiger partial charge in [-0.1, -0.05) is 62.7 Å². The molecule has 1 aromatic rings. The summed E-state index contributed by atoms with van der Waals surface area (Å²) in [6, 6.07) is 9.70. The molecule has 1 fully saturated rings. The first-order valence-electron chi connectivity index (χ1n) is 6.82. The van der Waals surface area contributed by atoms with Crippen LogP contribution >= 0.6 is 15.9 Å². The molecular weight excluding hydrogens is 286 g/mol. The first kappa shape index (κ1) is 14.1. The maximum atomic E-state index is 3.84. The fourth-order valence-corrected chi connectivity index (χ4v) is 3.40. The summed E-state index contributed by atoms with van der Waals surface area (Å²) in [5.41, 5.74) is 2.17. The minimum atomic E-state index is 0.395. The van der Waals surface area contributed by atoms with Crippen LogP contribution in [0.3, 0.4) is 0 Å². The third kappa shape index (κ3) is 2.25. The summed E-state index contributed by atoms with van der Waals surface area (Å²) in [6.45, 7) is 11.7. The number of benzene rings is 1. The van der Waals surface area contributed by atoms with E-state index in [4.69, 9.17) is 0 Å². The summed E-state index contributed by atoms with van der Waals surface area (Å²) in [5.74, 6) is 0. The Kier molecular flexibility index (Phi) is 3.63. The minimum absolute atomic E-state index is 0.395. The molecule has 0 saturated heterocycles. The predicted octanol–water partition coefficient (Wildman–Crippen LogP) is 4.92. The van der Waals surface area contributed by atoms with Gasteiger partial charge in [0.1, 0.15) is 0 Å². The maximum absolute atomic E-state index is 3.84. The van der Waals surface area contributed by atoms with Gasteiger partial charge in [0.2, 0.25) is 0 Å². The average Bonchev–Trinajstić information content (AvgIpc) is 2.67. The molecule has 1 atom stereocenters. The van der Waals surface area contributed by atoms with Crippen molar-refractivity contribution in [2.24, 2.45) is 10.8 Å². The van der Waals surface area contributed by atoms with Crippen molar-refractivity contribution < 1.29 is 0 Å². The average molecular weight is 310 g/mol. The van der Waals surface area contributed by atoms with Crippen LogP contribution in [0.2, 0.25) is 0 Å². The van der Waals surface area contributed by atoms with Gasteiger partial charge >= 0.3 is 0 Å². The standard InChI is InChI=1S/C16H24BrN/c1-6-13(11-8-7-9-12(17)10-11)18-14-15(2,3)16(14,4)5/h7-10,13-14,18H,6H2,1-5H3. The fourth-order valence-electron chi connectivity index (χ4n) is 2.99. The van der Waals surface area contributed by atoms with Crippen molar-refractivity contribution in [2.75, 3.05) is 0 Å². The Hall–Kier alpha value is -0.340. The number of rotatable bonds is 4. The van der Waals surface area contributed by atoms with E-state index in [0.29, 0.717) is 22.9 Å². The Morgan fingerprint density at radius 2 is 1.83 bits per heavy atom. The molecule has 2 rings (SSSR count). The first-order valence-corrected chi connectivity index (χ1v) is 7.61. The Morgan fingerprint density at radius 1 is 1.22 bits per heavy atom. The van der Waals surface area contributed by atoms with Gasteiger partial charge in [0.25, 0.3) is 0 Å². The lowest BCUT2D eigenvalue weighted by Gasteiger charge is -2.19. The van der Waals surface area contributed by atoms with E-state index in [1.165, 1.54) is 5.56 Å². The molecule has 1 aromatic carbocycles.